The number of likely N-dealkylation sites (N-methyl/N-ethyl adjacent to an activating group) is 2. The molecule has 1 heterocycles. The topological polar surface area (TPSA) is 24.1 Å². The Morgan fingerprint density at radius 3 is 2.83 bits per heavy atom. The molecular weight excluding hydrogens is 168 g/mol. The molecule has 0 spiro atoms. The Morgan fingerprint density at radius 2 is 2.33 bits per heavy atom. The molecule has 0 aliphatic heterocycles. The number of hydrogen-bond donors (Lipinski definition) is 2. The molecular formula is C9H16N2S. The molecule has 1 aromatic rings. The fourth-order valence-electron chi connectivity index (χ4n) is 1.19. The van der Waals surface area contributed by atoms with E-state index in [-0.39, 0.29) is 0 Å². The second-order valence-electron chi connectivity index (χ2n) is 2.83. The van der Waals surface area contributed by atoms with Crippen molar-refractivity contribution >= 4 is 11.3 Å². The summed E-state index contributed by atoms with van der Waals surface area (Å²) in [5.41, 5.74) is 0. The van der Waals surface area contributed by atoms with Crippen LogP contribution in [0.1, 0.15) is 4.88 Å². The average molecular weight is 184 g/mol. The number of nitrogens with one attached hydrogen (secondary N) is 2. The minimum Gasteiger partial charge on any atom is -0.318 e. The highest BCUT2D eigenvalue weighted by Gasteiger charge is 2.05. The van der Waals surface area contributed by atoms with E-state index in [1.165, 1.54) is 4.88 Å². The fourth-order valence-corrected chi connectivity index (χ4v) is 1.98. The quantitative estimate of drug-likeness (QED) is 0.716. The third kappa shape index (κ3) is 2.93. The van der Waals surface area contributed by atoms with Crippen molar-refractivity contribution < 1.29 is 0 Å². The molecule has 0 radical (unpaired) electrons. The van der Waals surface area contributed by atoms with Gasteiger partial charge >= 0.3 is 0 Å². The van der Waals surface area contributed by atoms with Gasteiger partial charge in [0.25, 0.3) is 0 Å². The van der Waals surface area contributed by atoms with Gasteiger partial charge in [-0.1, -0.05) is 6.07 Å². The minimum atomic E-state index is 0.550. The predicted octanol–water partition coefficient (Wildman–Crippen LogP) is 1.10. The number of rotatable bonds is 5. The lowest BCUT2D eigenvalue weighted by atomic mass is 10.2. The summed E-state index contributed by atoms with van der Waals surface area (Å²) in [5.74, 6) is 0. The molecule has 0 unspecified atom stereocenters. The van der Waals surface area contributed by atoms with Gasteiger partial charge in [-0.25, -0.2) is 0 Å². The van der Waals surface area contributed by atoms with E-state index in [4.69, 9.17) is 0 Å². The Bertz CT molecular complexity index is 196. The van der Waals surface area contributed by atoms with E-state index >= 15 is 0 Å². The summed E-state index contributed by atoms with van der Waals surface area (Å²) in [6, 6.07) is 4.84. The predicted molar refractivity (Wildman–Crippen MR) is 54.8 cm³/mol. The first-order valence-corrected chi connectivity index (χ1v) is 5.09. The van der Waals surface area contributed by atoms with E-state index in [0.29, 0.717) is 6.04 Å². The van der Waals surface area contributed by atoms with Gasteiger partial charge in [0.2, 0.25) is 0 Å². The van der Waals surface area contributed by atoms with Gasteiger partial charge in [0.05, 0.1) is 0 Å². The molecule has 3 heteroatoms. The molecule has 0 saturated carbocycles. The van der Waals surface area contributed by atoms with Crippen LogP contribution in [0.15, 0.2) is 17.5 Å². The third-order valence-corrected chi connectivity index (χ3v) is 2.79. The monoisotopic (exact) mass is 184 g/mol. The SMILES string of the molecule is CNC[C@H](Cc1cccs1)NC. The van der Waals surface area contributed by atoms with E-state index in [9.17, 15) is 0 Å². The zero-order chi connectivity index (χ0) is 8.81. The molecule has 0 aromatic carbocycles. The highest BCUT2D eigenvalue weighted by Crippen LogP contribution is 2.10. The minimum absolute atomic E-state index is 0.550. The molecule has 1 atom stereocenters. The van der Waals surface area contributed by atoms with E-state index < -0.39 is 0 Å². The first kappa shape index (κ1) is 9.71. The lowest BCUT2D eigenvalue weighted by molar-refractivity contribution is 0.533. The van der Waals surface area contributed by atoms with Crippen LogP contribution in [0.25, 0.3) is 0 Å². The van der Waals surface area contributed by atoms with Crippen molar-refractivity contribution in [3.05, 3.63) is 22.4 Å². The molecule has 0 bridgehead atoms. The van der Waals surface area contributed by atoms with Gasteiger partial charge in [-0.3, -0.25) is 0 Å². The molecule has 2 nitrogen and oxygen atoms in total. The largest absolute Gasteiger partial charge is 0.318 e. The zero-order valence-electron chi connectivity index (χ0n) is 7.63. The van der Waals surface area contributed by atoms with E-state index in [1.54, 1.807) is 0 Å². The van der Waals surface area contributed by atoms with Crippen molar-refractivity contribution in [1.29, 1.82) is 0 Å². The van der Waals surface area contributed by atoms with Gasteiger partial charge in [0, 0.05) is 17.5 Å². The van der Waals surface area contributed by atoms with Crippen LogP contribution in [-0.4, -0.2) is 26.7 Å². The van der Waals surface area contributed by atoms with Crippen LogP contribution in [0, 0.1) is 0 Å². The summed E-state index contributed by atoms with van der Waals surface area (Å²) in [6.45, 7) is 1.02. The van der Waals surface area contributed by atoms with E-state index in [2.05, 4.69) is 28.1 Å². The molecule has 0 amide bonds. The number of hydrogen-bond acceptors (Lipinski definition) is 3. The van der Waals surface area contributed by atoms with Crippen molar-refractivity contribution in [2.75, 3.05) is 20.6 Å². The molecule has 0 fully saturated rings. The standard InChI is InChI=1S/C9H16N2S/c1-10-7-8(11-2)6-9-4-3-5-12-9/h3-5,8,10-11H,6-7H2,1-2H3/t8-/m0/s1. The lowest BCUT2D eigenvalue weighted by Crippen LogP contribution is -2.36. The zero-order valence-corrected chi connectivity index (χ0v) is 8.45. The summed E-state index contributed by atoms with van der Waals surface area (Å²) < 4.78 is 0. The smallest absolute Gasteiger partial charge is 0.0237 e. The lowest BCUT2D eigenvalue weighted by Gasteiger charge is -2.13. The summed E-state index contributed by atoms with van der Waals surface area (Å²) >= 11 is 1.82. The first-order chi connectivity index (χ1) is 5.86. The van der Waals surface area contributed by atoms with Crippen molar-refractivity contribution in [2.45, 2.75) is 12.5 Å². The molecule has 2 N–H and O–H groups in total. The number of thiophene rings is 1. The Kier molecular flexibility index (Phi) is 4.29. The fraction of sp³-hybridized carbons (Fsp3) is 0.556. The Labute approximate surface area is 78.0 Å². The average Bonchev–Trinajstić information content (AvgIpc) is 2.56. The van der Waals surface area contributed by atoms with Gasteiger partial charge in [-0.15, -0.1) is 11.3 Å². The third-order valence-electron chi connectivity index (χ3n) is 1.89. The first-order valence-electron chi connectivity index (χ1n) is 4.21. The van der Waals surface area contributed by atoms with Crippen LogP contribution >= 0.6 is 11.3 Å². The molecule has 1 aromatic heterocycles. The van der Waals surface area contributed by atoms with Gasteiger partial charge in [0.1, 0.15) is 0 Å². The van der Waals surface area contributed by atoms with E-state index in [0.717, 1.165) is 13.0 Å². The molecule has 68 valence electrons. The maximum Gasteiger partial charge on any atom is 0.0237 e. The van der Waals surface area contributed by atoms with Crippen molar-refractivity contribution in [2.24, 2.45) is 0 Å². The van der Waals surface area contributed by atoms with Gasteiger partial charge in [-0.2, -0.15) is 0 Å². The summed E-state index contributed by atoms with van der Waals surface area (Å²) in [7, 11) is 3.99. The van der Waals surface area contributed by atoms with Gasteiger partial charge in [0.15, 0.2) is 0 Å². The van der Waals surface area contributed by atoms with Crippen LogP contribution in [-0.2, 0) is 6.42 Å². The van der Waals surface area contributed by atoms with Crippen LogP contribution in [0.4, 0.5) is 0 Å². The summed E-state index contributed by atoms with van der Waals surface area (Å²) in [6.07, 6.45) is 1.12. The molecule has 0 saturated heterocycles. The second-order valence-corrected chi connectivity index (χ2v) is 3.86. The van der Waals surface area contributed by atoms with Gasteiger partial charge in [-0.05, 0) is 32.0 Å². The van der Waals surface area contributed by atoms with Crippen molar-refractivity contribution in [1.82, 2.24) is 10.6 Å². The molecule has 0 aliphatic rings. The maximum absolute atomic E-state index is 3.29. The van der Waals surface area contributed by atoms with Crippen LogP contribution in [0.3, 0.4) is 0 Å². The summed E-state index contributed by atoms with van der Waals surface area (Å²) in [5, 5.41) is 8.59. The van der Waals surface area contributed by atoms with Crippen LogP contribution in [0.5, 0.6) is 0 Å². The van der Waals surface area contributed by atoms with Crippen LogP contribution < -0.4 is 10.6 Å². The summed E-state index contributed by atoms with van der Waals surface area (Å²) in [4.78, 5) is 1.45. The maximum atomic E-state index is 3.29. The molecule has 0 aliphatic carbocycles. The Balaban J connectivity index is 2.37. The highest BCUT2D eigenvalue weighted by atomic mass is 32.1. The Morgan fingerprint density at radius 1 is 1.50 bits per heavy atom. The Hall–Kier alpha value is -0.380. The van der Waals surface area contributed by atoms with E-state index in [1.807, 2.05) is 25.4 Å². The molecule has 12 heavy (non-hydrogen) atoms. The van der Waals surface area contributed by atoms with Gasteiger partial charge < -0.3 is 10.6 Å². The highest BCUT2D eigenvalue weighted by molar-refractivity contribution is 7.09. The van der Waals surface area contributed by atoms with Crippen LogP contribution in [0.2, 0.25) is 0 Å². The molecule has 1 rings (SSSR count). The normalized spacial score (nSPS) is 13.2. The van der Waals surface area contributed by atoms with Crippen molar-refractivity contribution in [3.63, 3.8) is 0 Å². The van der Waals surface area contributed by atoms with Crippen molar-refractivity contribution in [3.8, 4) is 0 Å². The second kappa shape index (κ2) is 5.30.